The number of benzene rings is 1. The third-order valence-corrected chi connectivity index (χ3v) is 7.15. The Hall–Kier alpha value is -3.80. The van der Waals surface area contributed by atoms with Gasteiger partial charge in [0.25, 0.3) is 12.3 Å². The lowest BCUT2D eigenvalue weighted by atomic mass is 10.0. The Morgan fingerprint density at radius 3 is 2.38 bits per heavy atom. The number of aryl methyl sites for hydroxylation is 1. The average Bonchev–Trinajstić information content (AvgIpc) is 3.15. The molecule has 4 aromatic rings. The predicted molar refractivity (Wildman–Crippen MR) is 149 cm³/mol. The van der Waals surface area contributed by atoms with Crippen LogP contribution in [0.1, 0.15) is 38.1 Å². The van der Waals surface area contributed by atoms with Crippen molar-refractivity contribution < 1.29 is 26.7 Å². The molecule has 4 rings (SSSR count). The van der Waals surface area contributed by atoms with E-state index < -0.39 is 40.3 Å². The number of sulfone groups is 1. The van der Waals surface area contributed by atoms with E-state index in [0.717, 1.165) is 21.0 Å². The second kappa shape index (κ2) is 11.7. The van der Waals surface area contributed by atoms with E-state index in [9.17, 15) is 22.0 Å². The second-order valence-corrected chi connectivity index (χ2v) is 11.9. The van der Waals surface area contributed by atoms with Crippen molar-refractivity contribution in [1.29, 1.82) is 0 Å². The van der Waals surface area contributed by atoms with E-state index in [-0.39, 0.29) is 35.4 Å². The number of rotatable bonds is 11. The molecular weight excluding hydrogens is 542 g/mol. The predicted octanol–water partition coefficient (Wildman–Crippen LogP) is 4.65. The van der Waals surface area contributed by atoms with Crippen LogP contribution in [-0.4, -0.2) is 58.7 Å². The zero-order chi connectivity index (χ0) is 29.2. The Bertz CT molecular complexity index is 1670. The fourth-order valence-corrected chi connectivity index (χ4v) is 5.58. The fraction of sp³-hybridized carbons (Fsp3) is 0.393. The van der Waals surface area contributed by atoms with E-state index in [4.69, 9.17) is 9.47 Å². The Balaban J connectivity index is 2.01. The first-order valence-corrected chi connectivity index (χ1v) is 14.9. The van der Waals surface area contributed by atoms with Crippen molar-refractivity contribution >= 4 is 21.0 Å². The minimum absolute atomic E-state index is 0.0822. The third kappa shape index (κ3) is 6.16. The van der Waals surface area contributed by atoms with Crippen molar-refractivity contribution in [1.82, 2.24) is 19.1 Å². The molecule has 3 aromatic heterocycles. The molecule has 0 aliphatic carbocycles. The molecule has 0 spiro atoms. The Morgan fingerprint density at radius 2 is 1.77 bits per heavy atom. The Kier molecular flexibility index (Phi) is 8.57. The highest BCUT2D eigenvalue weighted by atomic mass is 32.2. The van der Waals surface area contributed by atoms with Crippen LogP contribution in [0.2, 0.25) is 0 Å². The van der Waals surface area contributed by atoms with Crippen LogP contribution in [0.3, 0.4) is 0 Å². The van der Waals surface area contributed by atoms with Gasteiger partial charge in [-0.25, -0.2) is 32.0 Å². The van der Waals surface area contributed by atoms with Crippen molar-refractivity contribution in [3.8, 4) is 22.8 Å². The van der Waals surface area contributed by atoms with Gasteiger partial charge in [-0.2, -0.15) is 0 Å². The van der Waals surface area contributed by atoms with Crippen molar-refractivity contribution in [3.05, 3.63) is 70.4 Å². The van der Waals surface area contributed by atoms with E-state index in [1.165, 1.54) is 0 Å². The molecule has 12 heteroatoms. The SMILES string of the molecule is CCOc1nc(C(CS(C)(=O)=O)n2c(=O)n(CC(F)F)c3c(C)c(-c4ccccc4)cnc32)ccc1OC(C)C. The van der Waals surface area contributed by atoms with Gasteiger partial charge in [-0.1, -0.05) is 30.3 Å². The van der Waals surface area contributed by atoms with Gasteiger partial charge in [-0.15, -0.1) is 0 Å². The lowest BCUT2D eigenvalue weighted by molar-refractivity contribution is 0.126. The minimum Gasteiger partial charge on any atom is -0.485 e. The Morgan fingerprint density at radius 1 is 1.07 bits per heavy atom. The number of pyridine rings is 2. The molecule has 1 unspecified atom stereocenters. The standard InChI is InChI=1S/C28H32F2N4O5S/c1-6-38-27-23(39-17(2)3)13-12-21(32-27)22(16-40(5,36)37)34-26-25(33(28(34)35)15-24(29)30)18(4)20(14-31-26)19-10-8-7-9-11-19/h7-14,17,22,24H,6,15-16H2,1-5H3. The first kappa shape index (κ1) is 29.2. The van der Waals surface area contributed by atoms with E-state index in [1.54, 1.807) is 32.2 Å². The van der Waals surface area contributed by atoms with Gasteiger partial charge in [0.05, 0.1) is 42.3 Å². The van der Waals surface area contributed by atoms with Gasteiger partial charge < -0.3 is 9.47 Å². The second-order valence-electron chi connectivity index (χ2n) is 9.74. The number of hydrogen-bond donors (Lipinski definition) is 0. The first-order chi connectivity index (χ1) is 18.9. The molecule has 9 nitrogen and oxygen atoms in total. The number of imidazole rings is 1. The minimum atomic E-state index is -3.69. The first-order valence-electron chi connectivity index (χ1n) is 12.8. The number of nitrogens with zero attached hydrogens (tertiary/aromatic N) is 4. The third-order valence-electron chi connectivity index (χ3n) is 6.23. The van der Waals surface area contributed by atoms with E-state index in [1.807, 2.05) is 44.2 Å². The number of fused-ring (bicyclic) bond motifs is 1. The molecule has 0 amide bonds. The van der Waals surface area contributed by atoms with Crippen LogP contribution in [0, 0.1) is 6.92 Å². The van der Waals surface area contributed by atoms with E-state index >= 15 is 0 Å². The number of halogens is 2. The molecular formula is C28H32F2N4O5S. The zero-order valence-electron chi connectivity index (χ0n) is 23.0. The molecule has 0 fully saturated rings. The molecule has 0 N–H and O–H groups in total. The maximum absolute atomic E-state index is 13.8. The van der Waals surface area contributed by atoms with Crippen LogP contribution in [-0.2, 0) is 16.4 Å². The summed E-state index contributed by atoms with van der Waals surface area (Å²) in [5.74, 6) is -0.0371. The largest absolute Gasteiger partial charge is 0.485 e. The highest BCUT2D eigenvalue weighted by Gasteiger charge is 2.30. The maximum Gasteiger partial charge on any atom is 0.331 e. The molecule has 3 heterocycles. The average molecular weight is 575 g/mol. The summed E-state index contributed by atoms with van der Waals surface area (Å²) in [5, 5.41) is 0. The highest BCUT2D eigenvalue weighted by Crippen LogP contribution is 2.33. The Labute approximate surface area is 231 Å². The summed E-state index contributed by atoms with van der Waals surface area (Å²) >= 11 is 0. The van der Waals surface area contributed by atoms with Crippen LogP contribution >= 0.6 is 0 Å². The van der Waals surface area contributed by atoms with Gasteiger partial charge in [0.2, 0.25) is 0 Å². The van der Waals surface area contributed by atoms with Gasteiger partial charge >= 0.3 is 5.69 Å². The van der Waals surface area contributed by atoms with Gasteiger partial charge in [-0.3, -0.25) is 9.13 Å². The molecule has 214 valence electrons. The normalized spacial score (nSPS) is 12.8. The van der Waals surface area contributed by atoms with Gasteiger partial charge in [-0.05, 0) is 51.0 Å². The molecule has 0 aliphatic rings. The van der Waals surface area contributed by atoms with Gasteiger partial charge in [0, 0.05) is 18.0 Å². The van der Waals surface area contributed by atoms with E-state index in [0.29, 0.717) is 16.9 Å². The van der Waals surface area contributed by atoms with E-state index in [2.05, 4.69) is 9.97 Å². The number of hydrogen-bond acceptors (Lipinski definition) is 7. The topological polar surface area (TPSA) is 105 Å². The number of alkyl halides is 2. The summed E-state index contributed by atoms with van der Waals surface area (Å²) in [6.07, 6.45) is -0.416. The van der Waals surface area contributed by atoms with Crippen LogP contribution in [0.15, 0.2) is 53.5 Å². The van der Waals surface area contributed by atoms with Gasteiger partial charge in [0.1, 0.15) is 9.84 Å². The van der Waals surface area contributed by atoms with Gasteiger partial charge in [0.15, 0.2) is 11.4 Å². The molecule has 0 radical (unpaired) electrons. The number of aromatic nitrogens is 4. The summed E-state index contributed by atoms with van der Waals surface area (Å²) in [4.78, 5) is 22.9. The van der Waals surface area contributed by atoms with Crippen molar-refractivity contribution in [3.63, 3.8) is 0 Å². The van der Waals surface area contributed by atoms with Crippen LogP contribution in [0.25, 0.3) is 22.3 Å². The maximum atomic E-state index is 13.8. The summed E-state index contributed by atoms with van der Waals surface area (Å²) in [5.41, 5.74) is 1.69. The molecule has 1 atom stereocenters. The molecule has 0 aliphatic heterocycles. The van der Waals surface area contributed by atoms with Crippen LogP contribution in [0.4, 0.5) is 8.78 Å². The van der Waals surface area contributed by atoms with Crippen LogP contribution in [0.5, 0.6) is 11.6 Å². The molecule has 0 saturated heterocycles. The molecule has 0 bridgehead atoms. The summed E-state index contributed by atoms with van der Waals surface area (Å²) in [6, 6.07) is 11.2. The monoisotopic (exact) mass is 574 g/mol. The fourth-order valence-electron chi connectivity index (χ4n) is 4.68. The quantitative estimate of drug-likeness (QED) is 0.257. The van der Waals surface area contributed by atoms with Crippen LogP contribution < -0.4 is 15.2 Å². The number of ether oxygens (including phenoxy) is 2. The summed E-state index contributed by atoms with van der Waals surface area (Å²) < 4.78 is 66.2. The molecule has 1 aromatic carbocycles. The highest BCUT2D eigenvalue weighted by molar-refractivity contribution is 7.90. The van der Waals surface area contributed by atoms with Crippen molar-refractivity contribution in [2.75, 3.05) is 18.6 Å². The lowest BCUT2D eigenvalue weighted by Crippen LogP contribution is -2.33. The lowest BCUT2D eigenvalue weighted by Gasteiger charge is -2.20. The van der Waals surface area contributed by atoms with Crippen molar-refractivity contribution in [2.24, 2.45) is 0 Å². The summed E-state index contributed by atoms with van der Waals surface area (Å²) in [7, 11) is -3.69. The summed E-state index contributed by atoms with van der Waals surface area (Å²) in [6.45, 7) is 6.55. The van der Waals surface area contributed by atoms with Crippen molar-refractivity contribution in [2.45, 2.75) is 52.8 Å². The molecule has 40 heavy (non-hydrogen) atoms. The molecule has 0 saturated carbocycles. The zero-order valence-corrected chi connectivity index (χ0v) is 23.8. The smallest absolute Gasteiger partial charge is 0.331 e.